The fourth-order valence-electron chi connectivity index (χ4n) is 3.35. The summed E-state index contributed by atoms with van der Waals surface area (Å²) in [6.07, 6.45) is 1.06. The normalized spacial score (nSPS) is 10.5. The van der Waals surface area contributed by atoms with Crippen molar-refractivity contribution in [3.63, 3.8) is 0 Å². The van der Waals surface area contributed by atoms with Crippen LogP contribution in [0.1, 0.15) is 28.7 Å². The predicted octanol–water partition coefficient (Wildman–Crippen LogP) is 5.66. The summed E-state index contributed by atoms with van der Waals surface area (Å²) in [6, 6.07) is 22.8. The Bertz CT molecular complexity index is 922. The molecule has 0 aliphatic rings. The molecule has 0 heterocycles. The Kier molecular flexibility index (Phi) is 6.49. The standard InChI is InChI=1S/C25H26O3/c1-18-6-4-7-19(2)25(18)22-9-5-8-21(16-22)17-28-23-13-10-20(11-14-23)12-15-24(26)27-3/h4-11,13-14,16H,12,15,17H2,1-3H3. The predicted molar refractivity (Wildman–Crippen MR) is 112 cm³/mol. The number of ether oxygens (including phenoxy) is 2. The second-order valence-electron chi connectivity index (χ2n) is 6.98. The Morgan fingerprint density at radius 2 is 1.54 bits per heavy atom. The van der Waals surface area contributed by atoms with Crippen LogP contribution in [0.15, 0.2) is 66.7 Å². The lowest BCUT2D eigenvalue weighted by molar-refractivity contribution is -0.140. The Labute approximate surface area is 166 Å². The van der Waals surface area contributed by atoms with E-state index in [0.717, 1.165) is 16.9 Å². The van der Waals surface area contributed by atoms with Crippen LogP contribution in [0.2, 0.25) is 0 Å². The van der Waals surface area contributed by atoms with E-state index < -0.39 is 0 Å². The van der Waals surface area contributed by atoms with Gasteiger partial charge in [-0.25, -0.2) is 0 Å². The molecule has 0 atom stereocenters. The first-order valence-corrected chi connectivity index (χ1v) is 9.51. The summed E-state index contributed by atoms with van der Waals surface area (Å²) < 4.78 is 10.6. The highest BCUT2D eigenvalue weighted by Crippen LogP contribution is 2.28. The Morgan fingerprint density at radius 3 is 2.21 bits per heavy atom. The molecule has 0 aromatic heterocycles. The highest BCUT2D eigenvalue weighted by atomic mass is 16.5. The first kappa shape index (κ1) is 19.7. The van der Waals surface area contributed by atoms with Gasteiger partial charge in [-0.05, 0) is 71.8 Å². The van der Waals surface area contributed by atoms with E-state index in [2.05, 4.69) is 61.0 Å². The smallest absolute Gasteiger partial charge is 0.305 e. The van der Waals surface area contributed by atoms with E-state index in [4.69, 9.17) is 4.74 Å². The van der Waals surface area contributed by atoms with Crippen molar-refractivity contribution < 1.29 is 14.3 Å². The lowest BCUT2D eigenvalue weighted by Crippen LogP contribution is -2.02. The van der Waals surface area contributed by atoms with Crippen LogP contribution >= 0.6 is 0 Å². The molecule has 0 aliphatic carbocycles. The summed E-state index contributed by atoms with van der Waals surface area (Å²) >= 11 is 0. The SMILES string of the molecule is COC(=O)CCc1ccc(OCc2cccc(-c3c(C)cccc3C)c2)cc1. The zero-order valence-corrected chi connectivity index (χ0v) is 16.7. The molecule has 3 rings (SSSR count). The molecule has 0 unspecified atom stereocenters. The van der Waals surface area contributed by atoms with Crippen LogP contribution in [0.4, 0.5) is 0 Å². The van der Waals surface area contributed by atoms with E-state index in [1.165, 1.54) is 29.4 Å². The summed E-state index contributed by atoms with van der Waals surface area (Å²) in [6.45, 7) is 4.81. The number of benzene rings is 3. The lowest BCUT2D eigenvalue weighted by Gasteiger charge is -2.12. The molecule has 0 amide bonds. The van der Waals surface area contributed by atoms with Gasteiger partial charge < -0.3 is 9.47 Å². The number of hydrogen-bond donors (Lipinski definition) is 0. The van der Waals surface area contributed by atoms with E-state index >= 15 is 0 Å². The van der Waals surface area contributed by atoms with Crippen molar-refractivity contribution in [3.8, 4) is 16.9 Å². The molecule has 0 N–H and O–H groups in total. The fraction of sp³-hybridized carbons (Fsp3) is 0.240. The molecule has 28 heavy (non-hydrogen) atoms. The number of hydrogen-bond acceptors (Lipinski definition) is 3. The van der Waals surface area contributed by atoms with Gasteiger partial charge in [0.25, 0.3) is 0 Å². The number of rotatable bonds is 7. The molecule has 0 aliphatic heterocycles. The number of carbonyl (C=O) groups excluding carboxylic acids is 1. The van der Waals surface area contributed by atoms with Crippen molar-refractivity contribution in [3.05, 3.63) is 89.0 Å². The second kappa shape index (κ2) is 9.23. The number of carbonyl (C=O) groups is 1. The van der Waals surface area contributed by atoms with E-state index in [9.17, 15) is 4.79 Å². The zero-order chi connectivity index (χ0) is 19.9. The number of aryl methyl sites for hydroxylation is 3. The molecule has 0 saturated heterocycles. The number of esters is 1. The van der Waals surface area contributed by atoms with Gasteiger partial charge in [0.2, 0.25) is 0 Å². The van der Waals surface area contributed by atoms with Gasteiger partial charge >= 0.3 is 5.97 Å². The van der Waals surface area contributed by atoms with Crippen molar-refractivity contribution in [2.24, 2.45) is 0 Å². The van der Waals surface area contributed by atoms with Crippen molar-refractivity contribution in [1.29, 1.82) is 0 Å². The molecule has 0 fully saturated rings. The minimum Gasteiger partial charge on any atom is -0.489 e. The maximum absolute atomic E-state index is 11.2. The largest absolute Gasteiger partial charge is 0.489 e. The van der Waals surface area contributed by atoms with E-state index in [-0.39, 0.29) is 5.97 Å². The molecule has 0 radical (unpaired) electrons. The summed E-state index contributed by atoms with van der Waals surface area (Å²) in [5, 5.41) is 0. The Balaban J connectivity index is 1.64. The summed E-state index contributed by atoms with van der Waals surface area (Å²) in [4.78, 5) is 11.2. The minimum absolute atomic E-state index is 0.191. The molecular formula is C25H26O3. The lowest BCUT2D eigenvalue weighted by atomic mass is 9.95. The van der Waals surface area contributed by atoms with Gasteiger partial charge in [-0.3, -0.25) is 4.79 Å². The molecule has 0 spiro atoms. The molecule has 0 saturated carbocycles. The van der Waals surface area contributed by atoms with E-state index in [1.807, 2.05) is 24.3 Å². The van der Waals surface area contributed by atoms with Crippen molar-refractivity contribution >= 4 is 5.97 Å². The van der Waals surface area contributed by atoms with Crippen LogP contribution in [0, 0.1) is 13.8 Å². The monoisotopic (exact) mass is 374 g/mol. The van der Waals surface area contributed by atoms with Gasteiger partial charge in [0, 0.05) is 6.42 Å². The Morgan fingerprint density at radius 1 is 0.857 bits per heavy atom. The van der Waals surface area contributed by atoms with E-state index in [1.54, 1.807) is 0 Å². The third-order valence-corrected chi connectivity index (χ3v) is 4.87. The van der Waals surface area contributed by atoms with Crippen LogP contribution in [-0.2, 0) is 22.6 Å². The summed E-state index contributed by atoms with van der Waals surface area (Å²) in [5.74, 6) is 0.628. The molecule has 3 nitrogen and oxygen atoms in total. The van der Waals surface area contributed by atoms with Gasteiger partial charge in [0.15, 0.2) is 0 Å². The molecule has 3 heteroatoms. The quantitative estimate of drug-likeness (QED) is 0.501. The molecule has 3 aromatic rings. The Hall–Kier alpha value is -3.07. The molecule has 3 aromatic carbocycles. The first-order chi connectivity index (χ1) is 13.6. The third-order valence-electron chi connectivity index (χ3n) is 4.87. The van der Waals surface area contributed by atoms with Crippen molar-refractivity contribution in [2.45, 2.75) is 33.3 Å². The van der Waals surface area contributed by atoms with Crippen molar-refractivity contribution in [1.82, 2.24) is 0 Å². The van der Waals surface area contributed by atoms with Gasteiger partial charge in [-0.1, -0.05) is 48.5 Å². The highest BCUT2D eigenvalue weighted by Gasteiger charge is 2.07. The highest BCUT2D eigenvalue weighted by molar-refractivity contribution is 5.71. The number of methoxy groups -OCH3 is 1. The summed E-state index contributed by atoms with van der Waals surface area (Å²) in [5.41, 5.74) is 7.29. The average Bonchev–Trinajstić information content (AvgIpc) is 2.71. The van der Waals surface area contributed by atoms with Crippen LogP contribution in [0.3, 0.4) is 0 Å². The fourth-order valence-corrected chi connectivity index (χ4v) is 3.35. The zero-order valence-electron chi connectivity index (χ0n) is 16.7. The maximum Gasteiger partial charge on any atom is 0.305 e. The van der Waals surface area contributed by atoms with Gasteiger partial charge in [0.05, 0.1) is 7.11 Å². The van der Waals surface area contributed by atoms with Gasteiger partial charge in [0.1, 0.15) is 12.4 Å². The van der Waals surface area contributed by atoms with Crippen LogP contribution in [-0.4, -0.2) is 13.1 Å². The van der Waals surface area contributed by atoms with Crippen LogP contribution in [0.25, 0.3) is 11.1 Å². The second-order valence-corrected chi connectivity index (χ2v) is 6.98. The van der Waals surface area contributed by atoms with Crippen LogP contribution in [0.5, 0.6) is 5.75 Å². The van der Waals surface area contributed by atoms with Crippen molar-refractivity contribution in [2.75, 3.05) is 7.11 Å². The molecule has 144 valence electrons. The minimum atomic E-state index is -0.191. The first-order valence-electron chi connectivity index (χ1n) is 9.51. The van der Waals surface area contributed by atoms with E-state index in [0.29, 0.717) is 19.4 Å². The van der Waals surface area contributed by atoms with Gasteiger partial charge in [-0.15, -0.1) is 0 Å². The maximum atomic E-state index is 11.2. The van der Waals surface area contributed by atoms with Gasteiger partial charge in [-0.2, -0.15) is 0 Å². The molecule has 0 bridgehead atoms. The topological polar surface area (TPSA) is 35.5 Å². The third kappa shape index (κ3) is 5.01. The summed E-state index contributed by atoms with van der Waals surface area (Å²) in [7, 11) is 1.41. The average molecular weight is 374 g/mol. The van der Waals surface area contributed by atoms with Crippen LogP contribution < -0.4 is 4.74 Å². The molecular weight excluding hydrogens is 348 g/mol.